The minimum absolute atomic E-state index is 0.0516. The first-order valence-corrected chi connectivity index (χ1v) is 15.6. The summed E-state index contributed by atoms with van der Waals surface area (Å²) in [6.07, 6.45) is 9.17. The van der Waals surface area contributed by atoms with Gasteiger partial charge < -0.3 is 25.4 Å². The summed E-state index contributed by atoms with van der Waals surface area (Å²) in [6, 6.07) is 6.90. The molecule has 4 aliphatic rings. The largest absolute Gasteiger partial charge is 0.494 e. The molecule has 4 fully saturated rings. The van der Waals surface area contributed by atoms with Gasteiger partial charge in [0, 0.05) is 29.6 Å². The Morgan fingerprint density at radius 3 is 2.51 bits per heavy atom. The molecule has 3 amide bonds. The van der Waals surface area contributed by atoms with Crippen molar-refractivity contribution in [2.24, 2.45) is 11.8 Å². The van der Waals surface area contributed by atoms with Gasteiger partial charge in [-0.15, -0.1) is 11.8 Å². The van der Waals surface area contributed by atoms with Crippen molar-refractivity contribution in [3.8, 4) is 5.75 Å². The van der Waals surface area contributed by atoms with Crippen LogP contribution >= 0.6 is 11.8 Å². The van der Waals surface area contributed by atoms with Crippen molar-refractivity contribution in [2.45, 2.75) is 99.6 Å². The molecule has 2 bridgehead atoms. The van der Waals surface area contributed by atoms with Crippen LogP contribution in [0, 0.1) is 11.8 Å². The molecule has 1 aliphatic carbocycles. The minimum atomic E-state index is -0.595. The summed E-state index contributed by atoms with van der Waals surface area (Å²) in [5.41, 5.74) is 0.673. The van der Waals surface area contributed by atoms with Crippen molar-refractivity contribution in [1.82, 2.24) is 10.2 Å². The van der Waals surface area contributed by atoms with E-state index in [2.05, 4.69) is 17.6 Å². The molecule has 5 rings (SSSR count). The molecule has 2 unspecified atom stereocenters. The van der Waals surface area contributed by atoms with Gasteiger partial charge in [-0.25, -0.2) is 0 Å². The summed E-state index contributed by atoms with van der Waals surface area (Å²) >= 11 is 1.71. The topological polar surface area (TPSA) is 108 Å². The number of nitrogens with zero attached hydrogens (tertiary/aromatic N) is 1. The van der Waals surface area contributed by atoms with E-state index < -0.39 is 27.4 Å². The van der Waals surface area contributed by atoms with Crippen LogP contribution in [0.15, 0.2) is 24.3 Å². The molecule has 214 valence electrons. The van der Waals surface area contributed by atoms with Crippen LogP contribution in [-0.2, 0) is 14.4 Å². The highest BCUT2D eigenvalue weighted by atomic mass is 32.2. The summed E-state index contributed by atoms with van der Waals surface area (Å²) in [5.74, 6) is -0.560. The van der Waals surface area contributed by atoms with E-state index in [1.165, 1.54) is 6.42 Å². The third-order valence-corrected chi connectivity index (χ3v) is 11.2. The number of anilines is 1. The second kappa shape index (κ2) is 11.7. The van der Waals surface area contributed by atoms with E-state index in [4.69, 9.17) is 4.74 Å². The van der Waals surface area contributed by atoms with Crippen molar-refractivity contribution in [2.75, 3.05) is 25.1 Å². The number of nitrogens with one attached hydrogen (secondary N) is 2. The highest BCUT2D eigenvalue weighted by Gasteiger charge is 2.77. The number of rotatable bonds is 11. The lowest BCUT2D eigenvalue weighted by molar-refractivity contribution is -0.139. The van der Waals surface area contributed by atoms with E-state index >= 15 is 0 Å². The van der Waals surface area contributed by atoms with Crippen molar-refractivity contribution >= 4 is 35.2 Å². The van der Waals surface area contributed by atoms with Crippen LogP contribution in [0.25, 0.3) is 0 Å². The van der Waals surface area contributed by atoms with Crippen LogP contribution in [0.5, 0.6) is 5.75 Å². The van der Waals surface area contributed by atoms with Gasteiger partial charge in [-0.3, -0.25) is 14.4 Å². The van der Waals surface area contributed by atoms with E-state index in [1.54, 1.807) is 16.7 Å². The average molecular weight is 558 g/mol. The van der Waals surface area contributed by atoms with Crippen LogP contribution < -0.4 is 15.4 Å². The van der Waals surface area contributed by atoms with Gasteiger partial charge in [-0.1, -0.05) is 19.3 Å². The molecule has 9 heteroatoms. The normalized spacial score (nSPS) is 31.8. The van der Waals surface area contributed by atoms with Crippen molar-refractivity contribution < 1.29 is 24.2 Å². The van der Waals surface area contributed by atoms with Crippen LogP contribution in [0.1, 0.15) is 78.1 Å². The fraction of sp³-hybridized carbons (Fsp3) is 0.700. The number of hydrogen-bond donors (Lipinski definition) is 3. The zero-order valence-electron chi connectivity index (χ0n) is 23.2. The number of ether oxygens (including phenoxy) is 1. The molecule has 39 heavy (non-hydrogen) atoms. The summed E-state index contributed by atoms with van der Waals surface area (Å²) in [5, 5.41) is 15.6. The van der Waals surface area contributed by atoms with Crippen LogP contribution in [0.4, 0.5) is 5.69 Å². The minimum Gasteiger partial charge on any atom is -0.494 e. The molecule has 3 N–H and O–H groups in total. The Kier molecular flexibility index (Phi) is 8.48. The zero-order chi connectivity index (χ0) is 27.6. The molecule has 1 saturated carbocycles. The van der Waals surface area contributed by atoms with E-state index in [1.807, 2.05) is 31.2 Å². The number of likely N-dealkylation sites (tertiary alicyclic amines) is 1. The summed E-state index contributed by atoms with van der Waals surface area (Å²) in [6.45, 7) is 5.19. The second-order valence-corrected chi connectivity index (χ2v) is 13.7. The number of fused-ring (bicyclic) bond motifs is 1. The lowest BCUT2D eigenvalue weighted by atomic mass is 9.66. The number of benzene rings is 1. The standard InChI is InChI=1S/C30H43N3O5S/c1-3-38-22-14-12-21(13-15-22)31-26(35)23-24-28(37)33(18-8-5-9-19-34)25(30(24)17-16-29(23,2)39-30)27(36)32-20-10-6-4-7-11-20/h12-15,20,23-25,34H,3-11,16-19H2,1-2H3,(H,31,35)(H,32,36)/t23-,24+,25?,29+,30?/m1/s1. The van der Waals surface area contributed by atoms with Crippen molar-refractivity contribution in [3.63, 3.8) is 0 Å². The Balaban J connectivity index is 1.40. The van der Waals surface area contributed by atoms with Gasteiger partial charge >= 0.3 is 0 Å². The summed E-state index contributed by atoms with van der Waals surface area (Å²) in [7, 11) is 0. The van der Waals surface area contributed by atoms with E-state index in [-0.39, 0.29) is 30.4 Å². The smallest absolute Gasteiger partial charge is 0.244 e. The molecule has 0 radical (unpaired) electrons. The van der Waals surface area contributed by atoms with E-state index in [9.17, 15) is 19.5 Å². The maximum absolute atomic E-state index is 14.2. The van der Waals surface area contributed by atoms with E-state index in [0.717, 1.165) is 57.1 Å². The number of carbonyl (C=O) groups excluding carboxylic acids is 3. The number of thioether (sulfide) groups is 1. The number of aliphatic hydroxyl groups excluding tert-OH is 1. The number of aliphatic hydroxyl groups is 1. The second-order valence-electron chi connectivity index (χ2n) is 11.8. The molecule has 3 saturated heterocycles. The third-order valence-electron chi connectivity index (χ3n) is 9.25. The summed E-state index contributed by atoms with van der Waals surface area (Å²) < 4.78 is 4.53. The Labute approximate surface area is 236 Å². The van der Waals surface area contributed by atoms with Gasteiger partial charge in [0.05, 0.1) is 23.2 Å². The lowest BCUT2D eigenvalue weighted by Gasteiger charge is -2.36. The van der Waals surface area contributed by atoms with Crippen LogP contribution in [-0.4, -0.2) is 69.1 Å². The molecule has 3 aliphatic heterocycles. The van der Waals surface area contributed by atoms with Crippen LogP contribution in [0.2, 0.25) is 0 Å². The van der Waals surface area contributed by atoms with Gasteiger partial charge in [-0.2, -0.15) is 0 Å². The maximum Gasteiger partial charge on any atom is 0.244 e. The predicted molar refractivity (Wildman–Crippen MR) is 153 cm³/mol. The maximum atomic E-state index is 14.2. The van der Waals surface area contributed by atoms with Gasteiger partial charge in [-0.05, 0) is 83.1 Å². The lowest BCUT2D eigenvalue weighted by Crippen LogP contribution is -2.55. The van der Waals surface area contributed by atoms with Crippen molar-refractivity contribution in [3.05, 3.63) is 24.3 Å². The first-order valence-electron chi connectivity index (χ1n) is 14.8. The molecule has 3 heterocycles. The third kappa shape index (κ3) is 5.29. The Morgan fingerprint density at radius 1 is 1.08 bits per heavy atom. The molecule has 1 aromatic carbocycles. The van der Waals surface area contributed by atoms with Crippen molar-refractivity contribution in [1.29, 1.82) is 0 Å². The Morgan fingerprint density at radius 2 is 1.82 bits per heavy atom. The van der Waals surface area contributed by atoms with Gasteiger partial charge in [0.15, 0.2) is 0 Å². The Hall–Kier alpha value is -2.26. The number of hydrogen-bond acceptors (Lipinski definition) is 6. The zero-order valence-corrected chi connectivity index (χ0v) is 24.1. The first-order chi connectivity index (χ1) is 18.8. The molecule has 8 nitrogen and oxygen atoms in total. The highest BCUT2D eigenvalue weighted by Crippen LogP contribution is 2.71. The number of amides is 3. The Bertz CT molecular complexity index is 1060. The van der Waals surface area contributed by atoms with Crippen LogP contribution in [0.3, 0.4) is 0 Å². The fourth-order valence-corrected chi connectivity index (χ4v) is 9.84. The quantitative estimate of drug-likeness (QED) is 0.354. The first kappa shape index (κ1) is 28.3. The van der Waals surface area contributed by atoms with Gasteiger partial charge in [0.1, 0.15) is 11.8 Å². The number of unbranched alkanes of at least 4 members (excludes halogenated alkanes) is 2. The van der Waals surface area contributed by atoms with Gasteiger partial charge in [0.25, 0.3) is 0 Å². The molecular formula is C30H43N3O5S. The fourth-order valence-electron chi connectivity index (χ4n) is 7.49. The predicted octanol–water partition coefficient (Wildman–Crippen LogP) is 4.12. The molecule has 0 aromatic heterocycles. The molecular weight excluding hydrogens is 514 g/mol. The molecule has 5 atom stereocenters. The highest BCUT2D eigenvalue weighted by molar-refractivity contribution is 8.02. The van der Waals surface area contributed by atoms with Gasteiger partial charge in [0.2, 0.25) is 17.7 Å². The monoisotopic (exact) mass is 557 g/mol. The molecule has 1 aromatic rings. The average Bonchev–Trinajstić information content (AvgIpc) is 3.49. The molecule has 1 spiro atoms. The van der Waals surface area contributed by atoms with E-state index in [0.29, 0.717) is 25.3 Å². The number of carbonyl (C=O) groups is 3. The summed E-state index contributed by atoms with van der Waals surface area (Å²) in [4.78, 5) is 43.8. The SMILES string of the molecule is CCOc1ccc(NC(=O)[C@H]2[C@H]3C(=O)N(CCCCCO)C(C(=O)NC4CCCCC4)C34CC[C@]2(C)S4)cc1.